The Morgan fingerprint density at radius 1 is 1.67 bits per heavy atom. The molecule has 0 aliphatic carbocycles. The molecule has 0 aromatic heterocycles. The third-order valence-corrected chi connectivity index (χ3v) is 1.16. The van der Waals surface area contributed by atoms with Gasteiger partial charge < -0.3 is 4.74 Å². The molecule has 0 unspecified atom stereocenters. The van der Waals surface area contributed by atoms with Crippen LogP contribution in [0.5, 0.6) is 0 Å². The van der Waals surface area contributed by atoms with Gasteiger partial charge in [-0.05, 0) is 0 Å². The molecule has 0 aromatic carbocycles. The maximum atomic E-state index is 9.89. The summed E-state index contributed by atoms with van der Waals surface area (Å²) in [6.45, 7) is 0.342. The van der Waals surface area contributed by atoms with Crippen LogP contribution in [0, 0.1) is 0 Å². The molecule has 0 aromatic rings. The van der Waals surface area contributed by atoms with Gasteiger partial charge in [0, 0.05) is 13.7 Å². The lowest BCUT2D eigenvalue weighted by Crippen LogP contribution is -2.25. The Hall–Kier alpha value is -0.170. The predicted octanol–water partition coefficient (Wildman–Crippen LogP) is -0.975. The Morgan fingerprint density at radius 2 is 2.22 bits per heavy atom. The van der Waals surface area contributed by atoms with E-state index in [4.69, 9.17) is 4.55 Å². The number of nitrogens with one attached hydrogen (secondary N) is 1. The molecule has 2 N–H and O–H groups in total. The number of methoxy groups -OCH3 is 1. The number of rotatable bonds is 4. The van der Waals surface area contributed by atoms with Crippen molar-refractivity contribution in [2.75, 3.05) is 20.3 Å². The van der Waals surface area contributed by atoms with E-state index in [0.717, 1.165) is 0 Å². The number of ether oxygens (including phenoxy) is 1. The van der Waals surface area contributed by atoms with Gasteiger partial charge in [-0.15, -0.1) is 0 Å². The molecule has 0 heterocycles. The molecule has 0 spiro atoms. The molecule has 9 heavy (non-hydrogen) atoms. The molecular weight excluding hydrogens is 146 g/mol. The largest absolute Gasteiger partial charge is 0.383 e. The van der Waals surface area contributed by atoms with E-state index in [0.29, 0.717) is 0 Å². The maximum absolute atomic E-state index is 9.89. The van der Waals surface area contributed by atoms with Gasteiger partial charge in [0.05, 0.1) is 6.61 Å². The second kappa shape index (κ2) is 3.78. The van der Waals surface area contributed by atoms with Crippen molar-refractivity contribution in [1.82, 2.24) is 4.72 Å². The van der Waals surface area contributed by atoms with Crippen LogP contribution in [0.15, 0.2) is 0 Å². The van der Waals surface area contributed by atoms with Crippen molar-refractivity contribution in [3.63, 3.8) is 0 Å². The number of hydrogen-bond donors (Lipinski definition) is 2. The molecule has 0 saturated heterocycles. The molecule has 0 bridgehead atoms. The Labute approximate surface area is 53.9 Å². The van der Waals surface area contributed by atoms with Crippen molar-refractivity contribution < 1.29 is 17.7 Å². The van der Waals surface area contributed by atoms with Crippen molar-refractivity contribution in [2.24, 2.45) is 0 Å². The van der Waals surface area contributed by atoms with E-state index in [1.807, 2.05) is 4.72 Å². The van der Waals surface area contributed by atoms with E-state index < -0.39 is 10.3 Å². The number of hydrogen-bond acceptors (Lipinski definition) is 3. The highest BCUT2D eigenvalue weighted by Gasteiger charge is 1.98. The summed E-state index contributed by atoms with van der Waals surface area (Å²) in [5.74, 6) is 0. The monoisotopic (exact) mass is 155 g/mol. The molecule has 0 amide bonds. The molecule has 0 radical (unpaired) electrons. The summed E-state index contributed by atoms with van der Waals surface area (Å²) < 4.78 is 34.2. The molecule has 56 valence electrons. The smallest absolute Gasteiger partial charge is 0.333 e. The fraction of sp³-hybridized carbons (Fsp3) is 1.00. The van der Waals surface area contributed by atoms with E-state index >= 15 is 0 Å². The summed E-state index contributed by atoms with van der Waals surface area (Å²) in [5.41, 5.74) is 0. The topological polar surface area (TPSA) is 75.6 Å². The van der Waals surface area contributed by atoms with Crippen LogP contribution in [0.25, 0.3) is 0 Å². The Kier molecular flexibility index (Phi) is 3.71. The molecule has 0 fully saturated rings. The summed E-state index contributed by atoms with van der Waals surface area (Å²) in [6, 6.07) is 0. The van der Waals surface area contributed by atoms with Crippen LogP contribution in [0.3, 0.4) is 0 Å². The van der Waals surface area contributed by atoms with Gasteiger partial charge in [0.15, 0.2) is 0 Å². The van der Waals surface area contributed by atoms with Crippen LogP contribution in [-0.2, 0) is 15.0 Å². The van der Waals surface area contributed by atoms with E-state index in [1.165, 1.54) is 7.11 Å². The van der Waals surface area contributed by atoms with Gasteiger partial charge in [-0.1, -0.05) is 0 Å². The summed E-state index contributed by atoms with van der Waals surface area (Å²) in [6.07, 6.45) is 0. The fourth-order valence-electron chi connectivity index (χ4n) is 0.273. The molecule has 6 heteroatoms. The molecule has 0 saturated carbocycles. The minimum Gasteiger partial charge on any atom is -0.383 e. The minimum absolute atomic E-state index is 0.0926. The van der Waals surface area contributed by atoms with Crippen LogP contribution >= 0.6 is 0 Å². The molecule has 0 atom stereocenters. The van der Waals surface area contributed by atoms with Crippen LogP contribution in [0.2, 0.25) is 0 Å². The summed E-state index contributed by atoms with van der Waals surface area (Å²) in [7, 11) is -2.59. The van der Waals surface area contributed by atoms with Crippen LogP contribution in [0.4, 0.5) is 0 Å². The van der Waals surface area contributed by atoms with Crippen molar-refractivity contribution >= 4 is 10.3 Å². The van der Waals surface area contributed by atoms with Crippen molar-refractivity contribution in [1.29, 1.82) is 0 Å². The maximum Gasteiger partial charge on any atom is 0.333 e. The van der Waals surface area contributed by atoms with Gasteiger partial charge >= 0.3 is 10.3 Å². The summed E-state index contributed by atoms with van der Waals surface area (Å²) in [5, 5.41) is 0. The highest BCUT2D eigenvalue weighted by Crippen LogP contribution is 1.71. The van der Waals surface area contributed by atoms with Gasteiger partial charge in [-0.2, -0.15) is 13.1 Å². The first-order valence-electron chi connectivity index (χ1n) is 2.27. The Bertz CT molecular complexity index is 151. The zero-order valence-corrected chi connectivity index (χ0v) is 5.81. The molecule has 0 rings (SSSR count). The Balaban J connectivity index is 3.30. The molecular formula is C3H9NO4S. The molecule has 0 aliphatic rings. The normalized spacial score (nSPS) is 11.8. The van der Waals surface area contributed by atoms with Crippen LogP contribution < -0.4 is 4.72 Å². The average Bonchev–Trinajstić information content (AvgIpc) is 1.63. The quantitative estimate of drug-likeness (QED) is 0.404. The van der Waals surface area contributed by atoms with E-state index in [1.54, 1.807) is 0 Å². The van der Waals surface area contributed by atoms with Crippen molar-refractivity contribution in [3.8, 4) is 0 Å². The Morgan fingerprint density at radius 3 is 2.56 bits per heavy atom. The van der Waals surface area contributed by atoms with Gasteiger partial charge in [-0.25, -0.2) is 0 Å². The highest BCUT2D eigenvalue weighted by atomic mass is 32.2. The first-order valence-corrected chi connectivity index (χ1v) is 3.71. The second-order valence-corrected chi connectivity index (χ2v) is 2.60. The van der Waals surface area contributed by atoms with Gasteiger partial charge in [0.2, 0.25) is 0 Å². The molecule has 0 aliphatic heterocycles. The van der Waals surface area contributed by atoms with E-state index in [2.05, 4.69) is 4.74 Å². The fourth-order valence-corrected chi connectivity index (χ4v) is 0.614. The third kappa shape index (κ3) is 7.83. The minimum atomic E-state index is -4.03. The van der Waals surface area contributed by atoms with Gasteiger partial charge in [0.1, 0.15) is 0 Å². The predicted molar refractivity (Wildman–Crippen MR) is 31.4 cm³/mol. The zero-order chi connectivity index (χ0) is 7.33. The highest BCUT2D eigenvalue weighted by molar-refractivity contribution is 7.83. The zero-order valence-electron chi connectivity index (χ0n) is 4.99. The first kappa shape index (κ1) is 8.83. The second-order valence-electron chi connectivity index (χ2n) is 1.36. The van der Waals surface area contributed by atoms with Crippen LogP contribution in [0.1, 0.15) is 0 Å². The standard InChI is InChI=1S/C3H9NO4S/c1-8-3-2-4-9(5,6)7/h4H,2-3H2,1H3,(H,5,6,7). The van der Waals surface area contributed by atoms with Crippen molar-refractivity contribution in [3.05, 3.63) is 0 Å². The first-order chi connectivity index (χ1) is 4.06. The van der Waals surface area contributed by atoms with E-state index in [9.17, 15) is 8.42 Å². The molecule has 5 nitrogen and oxygen atoms in total. The summed E-state index contributed by atoms with van der Waals surface area (Å²) in [4.78, 5) is 0. The van der Waals surface area contributed by atoms with Crippen molar-refractivity contribution in [2.45, 2.75) is 0 Å². The van der Waals surface area contributed by atoms with Crippen LogP contribution in [-0.4, -0.2) is 33.2 Å². The lowest BCUT2D eigenvalue weighted by atomic mass is 10.7. The SMILES string of the molecule is COCCNS(=O)(=O)O. The lowest BCUT2D eigenvalue weighted by molar-refractivity contribution is 0.203. The van der Waals surface area contributed by atoms with Gasteiger partial charge in [0.25, 0.3) is 0 Å². The third-order valence-electron chi connectivity index (χ3n) is 0.591. The van der Waals surface area contributed by atoms with Gasteiger partial charge in [-0.3, -0.25) is 4.55 Å². The van der Waals surface area contributed by atoms with E-state index in [-0.39, 0.29) is 13.2 Å². The average molecular weight is 155 g/mol. The summed E-state index contributed by atoms with van der Waals surface area (Å²) >= 11 is 0. The lowest BCUT2D eigenvalue weighted by Gasteiger charge is -1.97.